The molecule has 0 unspecified atom stereocenters. The van der Waals surface area contributed by atoms with Crippen molar-refractivity contribution in [2.75, 3.05) is 10.6 Å². The molecule has 168 valence electrons. The lowest BCUT2D eigenvalue weighted by Gasteiger charge is -2.14. The summed E-state index contributed by atoms with van der Waals surface area (Å²) in [6.07, 6.45) is 7.44. The van der Waals surface area contributed by atoms with Crippen LogP contribution in [0.5, 0.6) is 5.75 Å². The van der Waals surface area contributed by atoms with E-state index in [4.69, 9.17) is 4.18 Å². The molecule has 1 aromatic heterocycles. The molecule has 2 aliphatic carbocycles. The van der Waals surface area contributed by atoms with Gasteiger partial charge in [-0.3, -0.25) is 10.1 Å². The van der Waals surface area contributed by atoms with Crippen LogP contribution in [0.25, 0.3) is 11.0 Å². The quantitative estimate of drug-likeness (QED) is 0.434. The summed E-state index contributed by atoms with van der Waals surface area (Å²) in [5.41, 5.74) is 2.10. The lowest BCUT2D eigenvalue weighted by Crippen LogP contribution is -2.14. The Morgan fingerprint density at radius 3 is 2.53 bits per heavy atom. The van der Waals surface area contributed by atoms with E-state index in [0.717, 1.165) is 31.4 Å². The van der Waals surface area contributed by atoms with E-state index in [1.54, 1.807) is 36.4 Å². The van der Waals surface area contributed by atoms with Crippen LogP contribution in [0.4, 0.5) is 11.6 Å². The van der Waals surface area contributed by atoms with Crippen molar-refractivity contribution in [3.63, 3.8) is 0 Å². The van der Waals surface area contributed by atoms with E-state index < -0.39 is 10.1 Å². The van der Waals surface area contributed by atoms with Crippen molar-refractivity contribution >= 4 is 38.7 Å². The molecule has 3 aromatic rings. The second-order valence-electron chi connectivity index (χ2n) is 8.65. The molecular formula is C23H26N4O4S. The molecule has 9 heteroatoms. The molecule has 3 N–H and O–H groups in total. The number of amides is 1. The fourth-order valence-corrected chi connectivity index (χ4v) is 4.99. The molecule has 2 fully saturated rings. The van der Waals surface area contributed by atoms with Crippen molar-refractivity contribution in [3.05, 3.63) is 42.5 Å². The fourth-order valence-electron chi connectivity index (χ4n) is 4.06. The molecule has 1 heterocycles. The van der Waals surface area contributed by atoms with E-state index in [9.17, 15) is 13.2 Å². The van der Waals surface area contributed by atoms with Crippen LogP contribution in [-0.2, 0) is 14.9 Å². The molecule has 1 amide bonds. The number of benzene rings is 2. The lowest BCUT2D eigenvalue weighted by molar-refractivity contribution is -0.116. The summed E-state index contributed by atoms with van der Waals surface area (Å²) in [5.74, 6) is 0.914. The summed E-state index contributed by atoms with van der Waals surface area (Å²) >= 11 is 0. The Kier molecular flexibility index (Phi) is 5.50. The van der Waals surface area contributed by atoms with Gasteiger partial charge < -0.3 is 14.5 Å². The standard InChI is InChI=1S/C23H26N4O4S/c28-22(13-15-5-6-15)27-23-25-20-12-9-18(14-21(20)26-23)31-32(29,30)19-10-7-17(8-11-19)24-16-3-1-2-4-16/h7-12,14-16,24H,1-6,13H2,(H2,25,26,27,28). The third kappa shape index (κ3) is 4.88. The Morgan fingerprint density at radius 2 is 1.81 bits per heavy atom. The maximum atomic E-state index is 12.7. The first kappa shape index (κ1) is 20.8. The Morgan fingerprint density at radius 1 is 1.06 bits per heavy atom. The number of hydrogen-bond donors (Lipinski definition) is 3. The highest BCUT2D eigenvalue weighted by molar-refractivity contribution is 7.87. The number of nitrogens with zero attached hydrogens (tertiary/aromatic N) is 1. The molecule has 5 rings (SSSR count). The maximum Gasteiger partial charge on any atom is 0.339 e. The van der Waals surface area contributed by atoms with Gasteiger partial charge in [0.05, 0.1) is 11.0 Å². The average molecular weight is 455 g/mol. The molecule has 0 spiro atoms. The van der Waals surface area contributed by atoms with Crippen LogP contribution in [0, 0.1) is 5.92 Å². The smallest absolute Gasteiger partial charge is 0.339 e. The topological polar surface area (TPSA) is 113 Å². The molecule has 32 heavy (non-hydrogen) atoms. The van der Waals surface area contributed by atoms with Crippen LogP contribution in [-0.4, -0.2) is 30.3 Å². The van der Waals surface area contributed by atoms with Crippen LogP contribution in [0.1, 0.15) is 44.9 Å². The predicted octanol–water partition coefficient (Wildman–Crippen LogP) is 4.42. The van der Waals surface area contributed by atoms with Crippen LogP contribution < -0.4 is 14.8 Å². The summed E-state index contributed by atoms with van der Waals surface area (Å²) in [4.78, 5) is 19.4. The normalized spacial score (nSPS) is 16.9. The zero-order valence-corrected chi connectivity index (χ0v) is 18.5. The molecule has 2 aliphatic rings. The molecule has 2 aromatic carbocycles. The van der Waals surface area contributed by atoms with Gasteiger partial charge in [-0.1, -0.05) is 12.8 Å². The second kappa shape index (κ2) is 8.46. The highest BCUT2D eigenvalue weighted by Crippen LogP contribution is 2.32. The van der Waals surface area contributed by atoms with E-state index in [0.29, 0.717) is 35.4 Å². The van der Waals surface area contributed by atoms with Crippen molar-refractivity contribution < 1.29 is 17.4 Å². The summed E-state index contributed by atoms with van der Waals surface area (Å²) in [7, 11) is -3.98. The Labute approximate surface area is 186 Å². The van der Waals surface area contributed by atoms with Gasteiger partial charge >= 0.3 is 10.1 Å². The van der Waals surface area contributed by atoms with Gasteiger partial charge in [0.2, 0.25) is 11.9 Å². The van der Waals surface area contributed by atoms with Crippen LogP contribution in [0.2, 0.25) is 0 Å². The van der Waals surface area contributed by atoms with E-state index >= 15 is 0 Å². The molecule has 0 atom stereocenters. The Hall–Kier alpha value is -3.07. The van der Waals surface area contributed by atoms with E-state index in [-0.39, 0.29) is 16.6 Å². The zero-order valence-electron chi connectivity index (χ0n) is 17.6. The van der Waals surface area contributed by atoms with Gasteiger partial charge in [0.15, 0.2) is 0 Å². The Balaban J connectivity index is 1.26. The molecule has 8 nitrogen and oxygen atoms in total. The van der Waals surface area contributed by atoms with Gasteiger partial charge in [-0.15, -0.1) is 0 Å². The number of H-pyrrole nitrogens is 1. The van der Waals surface area contributed by atoms with E-state index in [1.165, 1.54) is 18.9 Å². The van der Waals surface area contributed by atoms with Crippen molar-refractivity contribution in [1.29, 1.82) is 0 Å². The van der Waals surface area contributed by atoms with Gasteiger partial charge in [-0.05, 0) is 68.0 Å². The third-order valence-corrected chi connectivity index (χ3v) is 7.22. The number of nitrogens with one attached hydrogen (secondary N) is 3. The van der Waals surface area contributed by atoms with Gasteiger partial charge in [-0.25, -0.2) is 4.98 Å². The largest absolute Gasteiger partial charge is 0.382 e. The summed E-state index contributed by atoms with van der Waals surface area (Å²) in [6.45, 7) is 0. The predicted molar refractivity (Wildman–Crippen MR) is 122 cm³/mol. The van der Waals surface area contributed by atoms with E-state index in [2.05, 4.69) is 20.6 Å². The number of hydrogen-bond acceptors (Lipinski definition) is 6. The first-order valence-electron chi connectivity index (χ1n) is 11.1. The van der Waals surface area contributed by atoms with Gasteiger partial charge in [0, 0.05) is 24.2 Å². The number of imidazole rings is 1. The second-order valence-corrected chi connectivity index (χ2v) is 10.2. The maximum absolute atomic E-state index is 12.7. The van der Waals surface area contributed by atoms with Crippen molar-refractivity contribution in [2.24, 2.45) is 5.92 Å². The van der Waals surface area contributed by atoms with Gasteiger partial charge in [0.25, 0.3) is 0 Å². The number of rotatable bonds is 8. The van der Waals surface area contributed by atoms with Gasteiger partial charge in [0.1, 0.15) is 10.6 Å². The molecule has 0 aliphatic heterocycles. The molecular weight excluding hydrogens is 428 g/mol. The highest BCUT2D eigenvalue weighted by Gasteiger charge is 2.25. The van der Waals surface area contributed by atoms with Crippen molar-refractivity contribution in [1.82, 2.24) is 9.97 Å². The van der Waals surface area contributed by atoms with E-state index in [1.807, 2.05) is 0 Å². The summed E-state index contributed by atoms with van der Waals surface area (Å²) < 4.78 is 30.8. The molecule has 0 saturated heterocycles. The number of aromatic nitrogens is 2. The van der Waals surface area contributed by atoms with Crippen molar-refractivity contribution in [2.45, 2.75) is 55.9 Å². The third-order valence-electron chi connectivity index (χ3n) is 5.96. The van der Waals surface area contributed by atoms with Crippen LogP contribution in [0.15, 0.2) is 47.4 Å². The minimum Gasteiger partial charge on any atom is -0.382 e. The number of carbonyl (C=O) groups excluding carboxylic acids is 1. The monoisotopic (exact) mass is 454 g/mol. The number of fused-ring (bicyclic) bond motifs is 1. The molecule has 0 bridgehead atoms. The van der Waals surface area contributed by atoms with Gasteiger partial charge in [-0.2, -0.15) is 8.42 Å². The molecule has 2 saturated carbocycles. The lowest BCUT2D eigenvalue weighted by atomic mass is 10.2. The molecule has 0 radical (unpaired) electrons. The SMILES string of the molecule is O=C(CC1CC1)Nc1nc2cc(OS(=O)(=O)c3ccc(NC4CCCC4)cc3)ccc2[nH]1. The van der Waals surface area contributed by atoms with Crippen molar-refractivity contribution in [3.8, 4) is 5.75 Å². The zero-order chi connectivity index (χ0) is 22.1. The number of carbonyl (C=O) groups is 1. The number of anilines is 2. The Bertz CT molecular complexity index is 1230. The average Bonchev–Trinajstić information content (AvgIpc) is 3.25. The number of aromatic amines is 1. The minimum absolute atomic E-state index is 0.0727. The summed E-state index contributed by atoms with van der Waals surface area (Å²) in [6, 6.07) is 11.9. The summed E-state index contributed by atoms with van der Waals surface area (Å²) in [5, 5.41) is 6.20. The van der Waals surface area contributed by atoms with Crippen LogP contribution >= 0.6 is 0 Å². The fraction of sp³-hybridized carbons (Fsp3) is 0.391. The minimum atomic E-state index is -3.98. The highest BCUT2D eigenvalue weighted by atomic mass is 32.2. The van der Waals surface area contributed by atoms with Crippen LogP contribution in [0.3, 0.4) is 0 Å². The first-order chi connectivity index (χ1) is 15.4. The first-order valence-corrected chi connectivity index (χ1v) is 12.5.